The summed E-state index contributed by atoms with van der Waals surface area (Å²) in [5.41, 5.74) is 7.88. The van der Waals surface area contributed by atoms with Crippen molar-refractivity contribution in [2.45, 2.75) is 12.7 Å². The summed E-state index contributed by atoms with van der Waals surface area (Å²) in [7, 11) is 0. The number of nitrogen functional groups attached to an aromatic ring is 1. The Labute approximate surface area is 161 Å². The molecule has 0 aliphatic carbocycles. The number of alkyl halides is 3. The van der Waals surface area contributed by atoms with Gasteiger partial charge in [-0.1, -0.05) is 52.6 Å². The molecule has 6 nitrogen and oxygen atoms in total. The molecule has 0 atom stereocenters. The van der Waals surface area contributed by atoms with Crippen molar-refractivity contribution in [3.8, 4) is 11.4 Å². The Hall–Kier alpha value is -2.49. The van der Waals surface area contributed by atoms with Crippen molar-refractivity contribution < 1.29 is 17.7 Å². The predicted octanol–water partition coefficient (Wildman–Crippen LogP) is 4.52. The second-order valence-electron chi connectivity index (χ2n) is 5.57. The number of hydrazine groups is 1. The molecule has 0 bridgehead atoms. The highest BCUT2D eigenvalue weighted by atomic mass is 35.5. The molecule has 0 aliphatic rings. The first-order chi connectivity index (χ1) is 12.6. The summed E-state index contributed by atoms with van der Waals surface area (Å²) in [6.07, 6.45) is -4.69. The van der Waals surface area contributed by atoms with Crippen LogP contribution in [0.1, 0.15) is 11.5 Å². The molecular weight excluding hydrogens is 406 g/mol. The molecule has 0 fully saturated rings. The molecule has 0 aliphatic heterocycles. The summed E-state index contributed by atoms with van der Waals surface area (Å²) in [6.45, 7) is 0.266. The van der Waals surface area contributed by atoms with Gasteiger partial charge < -0.3 is 15.3 Å². The van der Waals surface area contributed by atoms with Crippen molar-refractivity contribution in [1.82, 2.24) is 10.1 Å². The quantitative estimate of drug-likeness (QED) is 0.368. The van der Waals surface area contributed by atoms with E-state index in [1.54, 1.807) is 30.3 Å². The molecule has 142 valence electrons. The molecule has 0 amide bonds. The molecule has 0 saturated heterocycles. The van der Waals surface area contributed by atoms with Gasteiger partial charge in [0.15, 0.2) is 0 Å². The molecule has 3 aromatic rings. The van der Waals surface area contributed by atoms with Crippen LogP contribution in [0.2, 0.25) is 10.0 Å². The van der Waals surface area contributed by atoms with E-state index in [4.69, 9.17) is 34.8 Å². The zero-order valence-corrected chi connectivity index (χ0v) is 15.0. The summed E-state index contributed by atoms with van der Waals surface area (Å²) in [4.78, 5) is 3.34. The van der Waals surface area contributed by atoms with Gasteiger partial charge in [0.05, 0.1) is 28.0 Å². The maximum atomic E-state index is 12.5. The number of benzene rings is 2. The average molecular weight is 418 g/mol. The van der Waals surface area contributed by atoms with Gasteiger partial charge in [-0.2, -0.15) is 18.2 Å². The topological polar surface area (TPSA) is 94.2 Å². The SMILES string of the molecule is Nc1cc(Cl)c(Cl)cc1N(N)Cc1ccc(-c2noc(C(F)(F)F)n2)cc1. The summed E-state index contributed by atoms with van der Waals surface area (Å²) in [6, 6.07) is 9.51. The van der Waals surface area contributed by atoms with E-state index in [-0.39, 0.29) is 12.4 Å². The highest BCUT2D eigenvalue weighted by Gasteiger charge is 2.38. The zero-order valence-electron chi connectivity index (χ0n) is 13.5. The van der Waals surface area contributed by atoms with Gasteiger partial charge in [0.2, 0.25) is 5.82 Å². The minimum Gasteiger partial charge on any atom is -0.397 e. The molecular formula is C16H12Cl2F3N5O. The van der Waals surface area contributed by atoms with Crippen LogP contribution < -0.4 is 16.6 Å². The van der Waals surface area contributed by atoms with Crippen LogP contribution in [-0.2, 0) is 12.7 Å². The normalized spacial score (nSPS) is 11.6. The third-order valence-electron chi connectivity index (χ3n) is 3.61. The summed E-state index contributed by atoms with van der Waals surface area (Å²) in [5.74, 6) is 4.48. The van der Waals surface area contributed by atoms with E-state index in [2.05, 4.69) is 14.7 Å². The van der Waals surface area contributed by atoms with E-state index in [9.17, 15) is 13.2 Å². The fourth-order valence-electron chi connectivity index (χ4n) is 2.30. The van der Waals surface area contributed by atoms with Crippen molar-refractivity contribution in [2.75, 3.05) is 10.7 Å². The molecule has 1 aromatic heterocycles. The van der Waals surface area contributed by atoms with Crippen molar-refractivity contribution >= 4 is 34.6 Å². The molecule has 0 saturated carbocycles. The van der Waals surface area contributed by atoms with Crippen molar-refractivity contribution in [3.63, 3.8) is 0 Å². The Kier molecular flexibility index (Phi) is 5.18. The van der Waals surface area contributed by atoms with E-state index in [1.165, 1.54) is 11.1 Å². The van der Waals surface area contributed by atoms with Crippen LogP contribution in [0.15, 0.2) is 40.9 Å². The minimum absolute atomic E-state index is 0.160. The van der Waals surface area contributed by atoms with E-state index >= 15 is 0 Å². The van der Waals surface area contributed by atoms with Gasteiger partial charge in [0, 0.05) is 5.56 Å². The molecule has 27 heavy (non-hydrogen) atoms. The molecule has 0 unspecified atom stereocenters. The summed E-state index contributed by atoms with van der Waals surface area (Å²) >= 11 is 11.9. The van der Waals surface area contributed by atoms with Crippen LogP contribution in [0, 0.1) is 0 Å². The van der Waals surface area contributed by atoms with Crippen LogP contribution in [0.5, 0.6) is 0 Å². The number of anilines is 2. The van der Waals surface area contributed by atoms with Gasteiger partial charge in [-0.05, 0) is 17.7 Å². The van der Waals surface area contributed by atoms with Gasteiger partial charge in [0.1, 0.15) is 0 Å². The lowest BCUT2D eigenvalue weighted by atomic mass is 10.1. The maximum absolute atomic E-state index is 12.5. The molecule has 1 heterocycles. The number of rotatable bonds is 4. The average Bonchev–Trinajstić information content (AvgIpc) is 3.09. The number of nitrogens with zero attached hydrogens (tertiary/aromatic N) is 3. The first-order valence-corrected chi connectivity index (χ1v) is 8.17. The van der Waals surface area contributed by atoms with Crippen LogP contribution in [-0.4, -0.2) is 10.1 Å². The minimum atomic E-state index is -4.69. The van der Waals surface area contributed by atoms with Crippen molar-refractivity contribution in [3.05, 3.63) is 57.9 Å². The van der Waals surface area contributed by atoms with Crippen LogP contribution in [0.4, 0.5) is 24.5 Å². The van der Waals surface area contributed by atoms with Gasteiger partial charge in [-0.15, -0.1) is 0 Å². The Morgan fingerprint density at radius 2 is 1.70 bits per heavy atom. The van der Waals surface area contributed by atoms with Crippen molar-refractivity contribution in [2.24, 2.45) is 5.84 Å². The second kappa shape index (κ2) is 7.26. The molecule has 0 spiro atoms. The van der Waals surface area contributed by atoms with Crippen LogP contribution in [0.3, 0.4) is 0 Å². The molecule has 3 rings (SSSR count). The highest BCUT2D eigenvalue weighted by Crippen LogP contribution is 2.33. The molecule has 0 radical (unpaired) electrons. The van der Waals surface area contributed by atoms with Crippen LogP contribution in [0.25, 0.3) is 11.4 Å². The molecule has 2 aromatic carbocycles. The third-order valence-corrected chi connectivity index (χ3v) is 4.33. The first-order valence-electron chi connectivity index (χ1n) is 7.42. The number of aromatic nitrogens is 2. The highest BCUT2D eigenvalue weighted by molar-refractivity contribution is 6.42. The first kappa shape index (κ1) is 19.3. The van der Waals surface area contributed by atoms with E-state index in [1.807, 2.05) is 0 Å². The predicted molar refractivity (Wildman–Crippen MR) is 96.0 cm³/mol. The standard InChI is InChI=1S/C16H12Cl2F3N5O/c17-10-5-12(22)13(6-11(10)18)26(23)7-8-1-3-9(4-2-8)14-24-15(27-25-14)16(19,20)21/h1-6H,7,22-23H2. The van der Waals surface area contributed by atoms with E-state index in [0.29, 0.717) is 27.0 Å². The van der Waals surface area contributed by atoms with Crippen molar-refractivity contribution in [1.29, 1.82) is 0 Å². The number of halogens is 5. The van der Waals surface area contributed by atoms with E-state index < -0.39 is 12.1 Å². The lowest BCUT2D eigenvalue weighted by Crippen LogP contribution is -2.30. The Bertz CT molecular complexity index is 960. The van der Waals surface area contributed by atoms with Gasteiger partial charge >= 0.3 is 12.1 Å². The fraction of sp³-hybridized carbons (Fsp3) is 0.125. The Morgan fingerprint density at radius 1 is 1.07 bits per heavy atom. The second-order valence-corrected chi connectivity index (χ2v) is 6.39. The Morgan fingerprint density at radius 3 is 2.30 bits per heavy atom. The number of nitrogens with two attached hydrogens (primary N) is 2. The lowest BCUT2D eigenvalue weighted by molar-refractivity contribution is -0.159. The van der Waals surface area contributed by atoms with Gasteiger partial charge in [-0.3, -0.25) is 0 Å². The zero-order chi connectivity index (χ0) is 19.8. The monoisotopic (exact) mass is 417 g/mol. The maximum Gasteiger partial charge on any atom is 0.471 e. The van der Waals surface area contributed by atoms with E-state index in [0.717, 1.165) is 5.56 Å². The van der Waals surface area contributed by atoms with Gasteiger partial charge in [-0.25, -0.2) is 5.84 Å². The fourth-order valence-corrected chi connectivity index (χ4v) is 2.63. The van der Waals surface area contributed by atoms with Gasteiger partial charge in [0.25, 0.3) is 0 Å². The third kappa shape index (κ3) is 4.26. The van der Waals surface area contributed by atoms with Crippen LogP contribution >= 0.6 is 23.2 Å². The summed E-state index contributed by atoms with van der Waals surface area (Å²) < 4.78 is 41.8. The number of hydrogen-bond donors (Lipinski definition) is 2. The Balaban J connectivity index is 1.76. The molecule has 4 N–H and O–H groups in total. The largest absolute Gasteiger partial charge is 0.471 e. The molecule has 11 heteroatoms. The number of hydrogen-bond acceptors (Lipinski definition) is 6. The lowest BCUT2D eigenvalue weighted by Gasteiger charge is -2.21. The smallest absolute Gasteiger partial charge is 0.397 e. The summed E-state index contributed by atoms with van der Waals surface area (Å²) in [5, 5.41) is 5.34.